The molecule has 0 fully saturated rings. The first-order chi connectivity index (χ1) is 7.79. The summed E-state index contributed by atoms with van der Waals surface area (Å²) in [6, 6.07) is 9.51. The molecule has 0 bridgehead atoms. The van der Waals surface area contributed by atoms with E-state index in [2.05, 4.69) is 4.98 Å². The highest BCUT2D eigenvalue weighted by molar-refractivity contribution is 6.18. The van der Waals surface area contributed by atoms with Gasteiger partial charge in [0.25, 0.3) is 0 Å². The minimum Gasteiger partial charge on any atom is -0.491 e. The lowest BCUT2D eigenvalue weighted by Gasteiger charge is -2.09. The zero-order valence-corrected chi connectivity index (χ0v) is 9.39. The van der Waals surface area contributed by atoms with E-state index in [0.29, 0.717) is 5.75 Å². The van der Waals surface area contributed by atoms with Crippen molar-refractivity contribution < 1.29 is 9.84 Å². The average molecular weight is 238 g/mol. The molecule has 1 aromatic carbocycles. The zero-order valence-electron chi connectivity index (χ0n) is 8.64. The van der Waals surface area contributed by atoms with E-state index in [-0.39, 0.29) is 12.5 Å². The van der Waals surface area contributed by atoms with Gasteiger partial charge >= 0.3 is 0 Å². The molecule has 2 rings (SSSR count). The van der Waals surface area contributed by atoms with Crippen molar-refractivity contribution in [3.8, 4) is 5.75 Å². The molecule has 4 heteroatoms. The SMILES string of the molecule is OC(CCl)COc1ccc2cccnc2c1. The molecule has 0 saturated carbocycles. The van der Waals surface area contributed by atoms with Gasteiger partial charge in [0.05, 0.1) is 11.4 Å². The smallest absolute Gasteiger partial charge is 0.121 e. The van der Waals surface area contributed by atoms with E-state index >= 15 is 0 Å². The summed E-state index contributed by atoms with van der Waals surface area (Å²) in [5.41, 5.74) is 0.875. The highest BCUT2D eigenvalue weighted by Gasteiger charge is 2.03. The molecule has 0 aliphatic heterocycles. The molecular formula is C12H12ClNO2. The van der Waals surface area contributed by atoms with Crippen LogP contribution in [-0.4, -0.2) is 28.7 Å². The third-order valence-electron chi connectivity index (χ3n) is 2.20. The minimum atomic E-state index is -0.638. The topological polar surface area (TPSA) is 42.4 Å². The number of fused-ring (bicyclic) bond motifs is 1. The first-order valence-corrected chi connectivity index (χ1v) is 5.54. The van der Waals surface area contributed by atoms with Gasteiger partial charge in [0.2, 0.25) is 0 Å². The van der Waals surface area contributed by atoms with E-state index in [4.69, 9.17) is 16.3 Å². The Morgan fingerprint density at radius 1 is 1.38 bits per heavy atom. The summed E-state index contributed by atoms with van der Waals surface area (Å²) in [7, 11) is 0. The number of aliphatic hydroxyl groups is 1. The molecular weight excluding hydrogens is 226 g/mol. The number of benzene rings is 1. The third-order valence-corrected chi connectivity index (χ3v) is 2.55. The van der Waals surface area contributed by atoms with E-state index in [9.17, 15) is 5.11 Å². The monoisotopic (exact) mass is 237 g/mol. The number of hydrogen-bond donors (Lipinski definition) is 1. The summed E-state index contributed by atoms with van der Waals surface area (Å²) >= 11 is 5.47. The standard InChI is InChI=1S/C12H12ClNO2/c13-7-10(15)8-16-11-4-3-9-2-1-5-14-12(9)6-11/h1-6,10,15H,7-8H2. The summed E-state index contributed by atoms with van der Waals surface area (Å²) in [6.45, 7) is 0.196. The van der Waals surface area contributed by atoms with Gasteiger partial charge in [-0.05, 0) is 18.2 Å². The molecule has 0 aliphatic carbocycles. The number of ether oxygens (including phenoxy) is 1. The lowest BCUT2D eigenvalue weighted by atomic mass is 10.2. The predicted molar refractivity (Wildman–Crippen MR) is 64.0 cm³/mol. The number of nitrogens with zero attached hydrogens (tertiary/aromatic N) is 1. The van der Waals surface area contributed by atoms with Gasteiger partial charge in [-0.25, -0.2) is 0 Å². The van der Waals surface area contributed by atoms with Crippen LogP contribution >= 0.6 is 11.6 Å². The molecule has 0 aliphatic rings. The lowest BCUT2D eigenvalue weighted by molar-refractivity contribution is 0.125. The molecule has 84 valence electrons. The van der Waals surface area contributed by atoms with Gasteiger partial charge in [0.1, 0.15) is 18.5 Å². The number of aromatic nitrogens is 1. The number of alkyl halides is 1. The van der Waals surface area contributed by atoms with Gasteiger partial charge in [-0.15, -0.1) is 11.6 Å². The largest absolute Gasteiger partial charge is 0.491 e. The normalized spacial score (nSPS) is 12.6. The summed E-state index contributed by atoms with van der Waals surface area (Å²) in [5, 5.41) is 10.3. The van der Waals surface area contributed by atoms with E-state index in [1.165, 1.54) is 0 Å². The number of rotatable bonds is 4. The molecule has 16 heavy (non-hydrogen) atoms. The maximum absolute atomic E-state index is 9.26. The maximum atomic E-state index is 9.26. The molecule has 0 amide bonds. The number of hydrogen-bond acceptors (Lipinski definition) is 3. The highest BCUT2D eigenvalue weighted by Crippen LogP contribution is 2.18. The van der Waals surface area contributed by atoms with Crippen molar-refractivity contribution in [2.75, 3.05) is 12.5 Å². The number of aliphatic hydroxyl groups excluding tert-OH is 1. The Hall–Kier alpha value is -1.32. The van der Waals surface area contributed by atoms with Gasteiger partial charge in [-0.1, -0.05) is 6.07 Å². The summed E-state index contributed by atoms with van der Waals surface area (Å²) < 4.78 is 5.39. The molecule has 2 aromatic rings. The van der Waals surface area contributed by atoms with Crippen molar-refractivity contribution in [3.63, 3.8) is 0 Å². The molecule has 1 unspecified atom stereocenters. The molecule has 0 radical (unpaired) electrons. The fraction of sp³-hybridized carbons (Fsp3) is 0.250. The van der Waals surface area contributed by atoms with Gasteiger partial charge in [-0.2, -0.15) is 0 Å². The number of halogens is 1. The third kappa shape index (κ3) is 2.62. The van der Waals surface area contributed by atoms with E-state index in [1.54, 1.807) is 6.20 Å². The second-order valence-corrected chi connectivity index (χ2v) is 3.79. The second kappa shape index (κ2) is 5.14. The highest BCUT2D eigenvalue weighted by atomic mass is 35.5. The minimum absolute atomic E-state index is 0.172. The van der Waals surface area contributed by atoms with Crippen molar-refractivity contribution in [1.82, 2.24) is 4.98 Å². The fourth-order valence-electron chi connectivity index (χ4n) is 1.37. The van der Waals surface area contributed by atoms with Crippen LogP contribution in [0.25, 0.3) is 10.9 Å². The Labute approximate surface area is 98.6 Å². The van der Waals surface area contributed by atoms with Crippen LogP contribution in [0.3, 0.4) is 0 Å². The van der Waals surface area contributed by atoms with Crippen LogP contribution in [0, 0.1) is 0 Å². The van der Waals surface area contributed by atoms with E-state index in [1.807, 2.05) is 30.3 Å². The zero-order chi connectivity index (χ0) is 11.4. The summed E-state index contributed by atoms with van der Waals surface area (Å²) in [5.74, 6) is 0.863. The van der Waals surface area contributed by atoms with Gasteiger partial charge in [0, 0.05) is 17.6 Å². The molecule has 0 spiro atoms. The van der Waals surface area contributed by atoms with Gasteiger partial charge < -0.3 is 9.84 Å². The Morgan fingerprint density at radius 2 is 2.25 bits per heavy atom. The molecule has 1 aromatic heterocycles. The van der Waals surface area contributed by atoms with Crippen molar-refractivity contribution >= 4 is 22.5 Å². The Kier molecular flexibility index (Phi) is 3.59. The first kappa shape index (κ1) is 11.2. The average Bonchev–Trinajstić information content (AvgIpc) is 2.35. The summed E-state index contributed by atoms with van der Waals surface area (Å²) in [4.78, 5) is 4.22. The molecule has 3 nitrogen and oxygen atoms in total. The van der Waals surface area contributed by atoms with Crippen molar-refractivity contribution in [1.29, 1.82) is 0 Å². The van der Waals surface area contributed by atoms with Crippen molar-refractivity contribution in [2.24, 2.45) is 0 Å². The van der Waals surface area contributed by atoms with Crippen LogP contribution in [0.15, 0.2) is 36.5 Å². The van der Waals surface area contributed by atoms with Crippen LogP contribution in [-0.2, 0) is 0 Å². The van der Waals surface area contributed by atoms with Crippen LogP contribution < -0.4 is 4.74 Å². The van der Waals surface area contributed by atoms with Crippen LogP contribution in [0.1, 0.15) is 0 Å². The van der Waals surface area contributed by atoms with Crippen molar-refractivity contribution in [2.45, 2.75) is 6.10 Å². The van der Waals surface area contributed by atoms with Crippen molar-refractivity contribution in [3.05, 3.63) is 36.5 Å². The van der Waals surface area contributed by atoms with Gasteiger partial charge in [0.15, 0.2) is 0 Å². The quantitative estimate of drug-likeness (QED) is 0.830. The Bertz CT molecular complexity index is 475. The van der Waals surface area contributed by atoms with E-state index in [0.717, 1.165) is 10.9 Å². The molecule has 1 atom stereocenters. The van der Waals surface area contributed by atoms with Crippen LogP contribution in [0.2, 0.25) is 0 Å². The molecule has 1 heterocycles. The second-order valence-electron chi connectivity index (χ2n) is 3.48. The Balaban J connectivity index is 2.13. The predicted octanol–water partition coefficient (Wildman–Crippen LogP) is 2.21. The van der Waals surface area contributed by atoms with Crippen LogP contribution in [0.4, 0.5) is 0 Å². The number of pyridine rings is 1. The molecule has 1 N–H and O–H groups in total. The maximum Gasteiger partial charge on any atom is 0.121 e. The Morgan fingerprint density at radius 3 is 3.06 bits per heavy atom. The van der Waals surface area contributed by atoms with Crippen LogP contribution in [0.5, 0.6) is 5.75 Å². The first-order valence-electron chi connectivity index (χ1n) is 5.01. The lowest BCUT2D eigenvalue weighted by Crippen LogP contribution is -2.18. The summed E-state index contributed by atoms with van der Waals surface area (Å²) in [6.07, 6.45) is 1.10. The van der Waals surface area contributed by atoms with E-state index < -0.39 is 6.10 Å². The molecule has 0 saturated heterocycles. The van der Waals surface area contributed by atoms with Gasteiger partial charge in [-0.3, -0.25) is 4.98 Å². The fourth-order valence-corrected chi connectivity index (χ4v) is 1.46.